The third-order valence-electron chi connectivity index (χ3n) is 3.98. The number of amides is 2. The van der Waals surface area contributed by atoms with E-state index in [1.807, 2.05) is 36.4 Å². The average Bonchev–Trinajstić information content (AvgIpc) is 3.01. The lowest BCUT2D eigenvalue weighted by Gasteiger charge is -2.13. The molecule has 0 radical (unpaired) electrons. The molecule has 1 unspecified atom stereocenters. The Morgan fingerprint density at radius 1 is 1.20 bits per heavy atom. The van der Waals surface area contributed by atoms with E-state index in [0.717, 1.165) is 16.8 Å². The summed E-state index contributed by atoms with van der Waals surface area (Å²) in [6.45, 7) is 2.13. The number of hydrogen-bond donors (Lipinski definition) is 1. The fraction of sp³-hybridized carbons (Fsp3) is 0.211. The molecule has 1 fully saturated rings. The van der Waals surface area contributed by atoms with Gasteiger partial charge in [-0.2, -0.15) is 5.26 Å². The number of benzene rings is 2. The summed E-state index contributed by atoms with van der Waals surface area (Å²) >= 11 is 0. The van der Waals surface area contributed by atoms with Gasteiger partial charge in [-0.05, 0) is 35.4 Å². The molecule has 1 aliphatic rings. The Kier molecular flexibility index (Phi) is 4.66. The molecule has 3 rings (SSSR count). The van der Waals surface area contributed by atoms with Gasteiger partial charge in [0.25, 0.3) is 0 Å². The maximum atomic E-state index is 12.0. The van der Waals surface area contributed by atoms with Gasteiger partial charge in [-0.1, -0.05) is 24.3 Å². The van der Waals surface area contributed by atoms with Gasteiger partial charge in [-0.25, -0.2) is 4.79 Å². The minimum Gasteiger partial charge on any atom is -0.442 e. The van der Waals surface area contributed by atoms with E-state index >= 15 is 0 Å². The van der Waals surface area contributed by atoms with Gasteiger partial charge < -0.3 is 10.1 Å². The highest BCUT2D eigenvalue weighted by Gasteiger charge is 2.32. The molecule has 25 heavy (non-hydrogen) atoms. The number of carbonyl (C=O) groups excluding carboxylic acids is 2. The first kappa shape index (κ1) is 16.5. The number of hydrogen-bond acceptors (Lipinski definition) is 4. The maximum absolute atomic E-state index is 12.0. The van der Waals surface area contributed by atoms with Crippen molar-refractivity contribution in [1.82, 2.24) is 5.32 Å². The third kappa shape index (κ3) is 3.78. The van der Waals surface area contributed by atoms with Crippen LogP contribution >= 0.6 is 0 Å². The Bertz CT molecular complexity index is 822. The molecule has 2 amide bonds. The fourth-order valence-electron chi connectivity index (χ4n) is 2.67. The van der Waals surface area contributed by atoms with Crippen LogP contribution in [0.3, 0.4) is 0 Å². The van der Waals surface area contributed by atoms with Gasteiger partial charge in [-0.15, -0.1) is 0 Å². The summed E-state index contributed by atoms with van der Waals surface area (Å²) < 4.78 is 5.26. The Labute approximate surface area is 145 Å². The number of nitrogens with one attached hydrogen (secondary N) is 1. The number of carbonyl (C=O) groups is 2. The van der Waals surface area contributed by atoms with E-state index < -0.39 is 6.09 Å². The minimum absolute atomic E-state index is 0.152. The van der Waals surface area contributed by atoms with Crippen LogP contribution in [-0.4, -0.2) is 31.2 Å². The highest BCUT2D eigenvalue weighted by molar-refractivity contribution is 5.90. The van der Waals surface area contributed by atoms with Gasteiger partial charge in [0.1, 0.15) is 6.10 Å². The highest BCUT2D eigenvalue weighted by atomic mass is 16.6. The number of anilines is 1. The van der Waals surface area contributed by atoms with Gasteiger partial charge in [0.05, 0.1) is 24.7 Å². The van der Waals surface area contributed by atoms with Crippen LogP contribution in [0.15, 0.2) is 48.5 Å². The second-order valence-electron chi connectivity index (χ2n) is 5.79. The molecule has 1 atom stereocenters. The van der Waals surface area contributed by atoms with Crippen LogP contribution in [0.25, 0.3) is 11.1 Å². The van der Waals surface area contributed by atoms with Crippen molar-refractivity contribution in [2.75, 3.05) is 18.0 Å². The van der Waals surface area contributed by atoms with E-state index in [0.29, 0.717) is 18.7 Å². The molecule has 6 nitrogen and oxygen atoms in total. The molecule has 0 spiro atoms. The van der Waals surface area contributed by atoms with Crippen molar-refractivity contribution in [2.45, 2.75) is 13.0 Å². The van der Waals surface area contributed by atoms with E-state index in [1.165, 1.54) is 6.92 Å². The van der Waals surface area contributed by atoms with E-state index in [2.05, 4.69) is 11.4 Å². The maximum Gasteiger partial charge on any atom is 0.414 e. The monoisotopic (exact) mass is 335 g/mol. The summed E-state index contributed by atoms with van der Waals surface area (Å²) in [7, 11) is 0. The SMILES string of the molecule is CC(=O)NCC1CN(c2ccc(-c3ccc(C#N)cc3)cc2)C(=O)O1. The van der Waals surface area contributed by atoms with Crippen LogP contribution in [0.4, 0.5) is 10.5 Å². The second-order valence-corrected chi connectivity index (χ2v) is 5.79. The topological polar surface area (TPSA) is 82.4 Å². The van der Waals surface area contributed by atoms with Crippen LogP contribution < -0.4 is 10.2 Å². The lowest BCUT2D eigenvalue weighted by molar-refractivity contribution is -0.119. The number of ether oxygens (including phenoxy) is 1. The van der Waals surface area contributed by atoms with Gasteiger partial charge in [-0.3, -0.25) is 9.69 Å². The lowest BCUT2D eigenvalue weighted by Crippen LogP contribution is -2.33. The van der Waals surface area contributed by atoms with Gasteiger partial charge in [0.2, 0.25) is 5.91 Å². The average molecular weight is 335 g/mol. The Morgan fingerprint density at radius 2 is 1.80 bits per heavy atom. The summed E-state index contributed by atoms with van der Waals surface area (Å²) in [5, 5.41) is 11.5. The van der Waals surface area contributed by atoms with Gasteiger partial charge in [0, 0.05) is 12.6 Å². The van der Waals surface area contributed by atoms with E-state index in [1.54, 1.807) is 17.0 Å². The molecule has 2 aromatic rings. The fourth-order valence-corrected chi connectivity index (χ4v) is 2.67. The molecule has 1 heterocycles. The van der Waals surface area contributed by atoms with Crippen LogP contribution in [0, 0.1) is 11.3 Å². The van der Waals surface area contributed by atoms with Crippen molar-refractivity contribution in [3.05, 3.63) is 54.1 Å². The Morgan fingerprint density at radius 3 is 2.36 bits per heavy atom. The summed E-state index contributed by atoms with van der Waals surface area (Å²) in [4.78, 5) is 24.5. The molecule has 1 saturated heterocycles. The molecule has 126 valence electrons. The highest BCUT2D eigenvalue weighted by Crippen LogP contribution is 2.26. The zero-order valence-electron chi connectivity index (χ0n) is 13.7. The molecule has 0 aromatic heterocycles. The first-order valence-corrected chi connectivity index (χ1v) is 7.90. The largest absolute Gasteiger partial charge is 0.442 e. The van der Waals surface area contributed by atoms with Crippen LogP contribution in [0.5, 0.6) is 0 Å². The quantitative estimate of drug-likeness (QED) is 0.931. The lowest BCUT2D eigenvalue weighted by atomic mass is 10.0. The van der Waals surface area contributed by atoms with E-state index in [4.69, 9.17) is 10.00 Å². The van der Waals surface area contributed by atoms with Gasteiger partial charge >= 0.3 is 6.09 Å². The summed E-state index contributed by atoms with van der Waals surface area (Å²) in [5.74, 6) is -0.152. The standard InChI is InChI=1S/C19H17N3O3/c1-13(23)21-11-18-12-22(19(24)25-18)17-8-6-16(7-9-17)15-4-2-14(10-20)3-5-15/h2-9,18H,11-12H2,1H3,(H,21,23). The number of nitriles is 1. The Hall–Kier alpha value is -3.33. The molecular weight excluding hydrogens is 318 g/mol. The predicted octanol–water partition coefficient (Wildman–Crippen LogP) is 2.69. The number of nitrogens with zero attached hydrogens (tertiary/aromatic N) is 2. The van der Waals surface area contributed by atoms with Crippen molar-refractivity contribution >= 4 is 17.7 Å². The van der Waals surface area contributed by atoms with Crippen LogP contribution in [-0.2, 0) is 9.53 Å². The molecular formula is C19H17N3O3. The first-order chi connectivity index (χ1) is 12.1. The first-order valence-electron chi connectivity index (χ1n) is 7.90. The summed E-state index contributed by atoms with van der Waals surface area (Å²) in [5.41, 5.74) is 3.35. The van der Waals surface area contributed by atoms with Crippen LogP contribution in [0.2, 0.25) is 0 Å². The van der Waals surface area contributed by atoms with Crippen LogP contribution in [0.1, 0.15) is 12.5 Å². The molecule has 0 aliphatic carbocycles. The van der Waals surface area contributed by atoms with Crippen molar-refractivity contribution in [2.24, 2.45) is 0 Å². The normalized spacial score (nSPS) is 16.2. The molecule has 0 bridgehead atoms. The molecule has 2 aromatic carbocycles. The smallest absolute Gasteiger partial charge is 0.414 e. The molecule has 1 aliphatic heterocycles. The number of rotatable bonds is 4. The zero-order valence-corrected chi connectivity index (χ0v) is 13.7. The predicted molar refractivity (Wildman–Crippen MR) is 92.9 cm³/mol. The van der Waals surface area contributed by atoms with Crippen molar-refractivity contribution in [3.8, 4) is 17.2 Å². The van der Waals surface area contributed by atoms with E-state index in [-0.39, 0.29) is 12.0 Å². The zero-order chi connectivity index (χ0) is 17.8. The van der Waals surface area contributed by atoms with Crippen molar-refractivity contribution < 1.29 is 14.3 Å². The molecule has 0 saturated carbocycles. The van der Waals surface area contributed by atoms with Gasteiger partial charge in [0.15, 0.2) is 0 Å². The molecule has 1 N–H and O–H groups in total. The Balaban J connectivity index is 1.70. The van der Waals surface area contributed by atoms with E-state index in [9.17, 15) is 9.59 Å². The molecule has 6 heteroatoms. The van der Waals surface area contributed by atoms with Crippen molar-refractivity contribution in [1.29, 1.82) is 5.26 Å². The van der Waals surface area contributed by atoms with Crippen molar-refractivity contribution in [3.63, 3.8) is 0 Å². The summed E-state index contributed by atoms with van der Waals surface area (Å²) in [6.07, 6.45) is -0.768. The summed E-state index contributed by atoms with van der Waals surface area (Å²) in [6, 6.07) is 17.0. The number of cyclic esters (lactones) is 1. The third-order valence-corrected chi connectivity index (χ3v) is 3.98. The minimum atomic E-state index is -0.415. The second kappa shape index (κ2) is 7.05.